The molecule has 3 rings (SSSR count). The topological polar surface area (TPSA) is 73.2 Å². The summed E-state index contributed by atoms with van der Waals surface area (Å²) < 4.78 is 35.5. The number of methoxy groups -OCH3 is 1. The minimum Gasteiger partial charge on any atom is -0.497 e. The summed E-state index contributed by atoms with van der Waals surface area (Å²) in [5.41, 5.74) is 4.07. The molecule has 2 aromatic carbocycles. The summed E-state index contributed by atoms with van der Waals surface area (Å²) in [6.45, 7) is 6.29. The number of ether oxygens (including phenoxy) is 1. The maximum absolute atomic E-state index is 12.9. The molecule has 29 heavy (non-hydrogen) atoms. The molecule has 154 valence electrons. The summed E-state index contributed by atoms with van der Waals surface area (Å²) in [4.78, 5) is 0.247. The Labute approximate surface area is 172 Å². The fourth-order valence-electron chi connectivity index (χ4n) is 3.26. The molecule has 6 nitrogen and oxygen atoms in total. The van der Waals surface area contributed by atoms with Gasteiger partial charge in [0.15, 0.2) is 0 Å². The summed E-state index contributed by atoms with van der Waals surface area (Å²) in [6.07, 6.45) is 1.96. The third-order valence-electron chi connectivity index (χ3n) is 4.86. The van der Waals surface area contributed by atoms with Crippen LogP contribution in [0.3, 0.4) is 0 Å². The Kier molecular flexibility index (Phi) is 6.27. The Hall–Kier alpha value is -2.80. The molecule has 3 aromatic rings. The first kappa shape index (κ1) is 20.9. The van der Waals surface area contributed by atoms with E-state index in [1.165, 1.54) is 0 Å². The van der Waals surface area contributed by atoms with Crippen LogP contribution >= 0.6 is 0 Å². The number of rotatable bonds is 8. The van der Waals surface area contributed by atoms with Crippen LogP contribution in [-0.4, -0.2) is 25.3 Å². The predicted octanol–water partition coefficient (Wildman–Crippen LogP) is 4.31. The molecule has 7 heteroatoms. The van der Waals surface area contributed by atoms with Crippen LogP contribution in [0.4, 0.5) is 5.69 Å². The van der Waals surface area contributed by atoms with Gasteiger partial charge < -0.3 is 4.74 Å². The number of sulfonamides is 1. The van der Waals surface area contributed by atoms with Gasteiger partial charge in [-0.15, -0.1) is 0 Å². The lowest BCUT2D eigenvalue weighted by molar-refractivity contribution is 0.414. The fourth-order valence-corrected chi connectivity index (χ4v) is 4.44. The molecule has 1 N–H and O–H groups in total. The molecular weight excluding hydrogens is 386 g/mol. The van der Waals surface area contributed by atoms with Gasteiger partial charge in [0.2, 0.25) is 0 Å². The molecule has 0 atom stereocenters. The highest BCUT2D eigenvalue weighted by molar-refractivity contribution is 7.92. The largest absolute Gasteiger partial charge is 0.497 e. The number of nitrogens with zero attached hydrogens (tertiary/aromatic N) is 2. The molecule has 0 amide bonds. The van der Waals surface area contributed by atoms with Gasteiger partial charge in [-0.05, 0) is 55.7 Å². The number of aryl methyl sites for hydroxylation is 2. The van der Waals surface area contributed by atoms with Crippen molar-refractivity contribution in [3.63, 3.8) is 0 Å². The van der Waals surface area contributed by atoms with Crippen molar-refractivity contribution < 1.29 is 13.2 Å². The summed E-state index contributed by atoms with van der Waals surface area (Å²) in [6, 6.07) is 14.8. The van der Waals surface area contributed by atoms with Gasteiger partial charge in [-0.3, -0.25) is 9.40 Å². The average molecular weight is 414 g/mol. The first-order valence-electron chi connectivity index (χ1n) is 9.62. The zero-order valence-electron chi connectivity index (χ0n) is 17.3. The second kappa shape index (κ2) is 8.69. The number of hydrogen-bond donors (Lipinski definition) is 1. The highest BCUT2D eigenvalue weighted by atomic mass is 32.2. The molecule has 1 aromatic heterocycles. The standard InChI is InChI=1S/C22H27N3O3S/c1-5-7-18-10-12-21(13-11-18)29(26,27)24-22-16(2)23-25(17(22)3)15-19-8-6-9-20(14-19)28-4/h6,8-14,24H,5,7,15H2,1-4H3. The summed E-state index contributed by atoms with van der Waals surface area (Å²) in [7, 11) is -2.05. The maximum Gasteiger partial charge on any atom is 0.262 e. The second-order valence-electron chi connectivity index (χ2n) is 7.05. The van der Waals surface area contributed by atoms with E-state index in [1.807, 2.05) is 43.3 Å². The third kappa shape index (κ3) is 4.79. The minimum absolute atomic E-state index is 0.247. The number of benzene rings is 2. The zero-order valence-corrected chi connectivity index (χ0v) is 18.1. The Morgan fingerprint density at radius 2 is 1.79 bits per heavy atom. The van der Waals surface area contributed by atoms with Gasteiger partial charge in [0.05, 0.1) is 35.6 Å². The molecule has 1 heterocycles. The summed E-state index contributed by atoms with van der Waals surface area (Å²) >= 11 is 0. The van der Waals surface area contributed by atoms with Crippen LogP contribution in [0.25, 0.3) is 0 Å². The van der Waals surface area contributed by atoms with Gasteiger partial charge >= 0.3 is 0 Å². The Morgan fingerprint density at radius 1 is 1.07 bits per heavy atom. The van der Waals surface area contributed by atoms with Crippen LogP contribution in [-0.2, 0) is 23.0 Å². The number of aromatic nitrogens is 2. The number of hydrogen-bond acceptors (Lipinski definition) is 4. The third-order valence-corrected chi connectivity index (χ3v) is 6.22. The van der Waals surface area contributed by atoms with Crippen molar-refractivity contribution in [1.29, 1.82) is 0 Å². The smallest absolute Gasteiger partial charge is 0.262 e. The van der Waals surface area contributed by atoms with E-state index in [0.717, 1.165) is 35.4 Å². The van der Waals surface area contributed by atoms with E-state index in [-0.39, 0.29) is 4.90 Å². The minimum atomic E-state index is -3.68. The van der Waals surface area contributed by atoms with E-state index in [2.05, 4.69) is 16.7 Å². The van der Waals surface area contributed by atoms with E-state index >= 15 is 0 Å². The molecule has 0 unspecified atom stereocenters. The van der Waals surface area contributed by atoms with Crippen molar-refractivity contribution in [1.82, 2.24) is 9.78 Å². The van der Waals surface area contributed by atoms with Crippen molar-refractivity contribution in [2.45, 2.75) is 45.1 Å². The van der Waals surface area contributed by atoms with E-state index in [4.69, 9.17) is 4.74 Å². The van der Waals surface area contributed by atoms with Gasteiger partial charge in [0.1, 0.15) is 5.75 Å². The molecule has 0 aliphatic rings. The van der Waals surface area contributed by atoms with Crippen LogP contribution < -0.4 is 9.46 Å². The highest BCUT2D eigenvalue weighted by Crippen LogP contribution is 2.25. The van der Waals surface area contributed by atoms with Crippen molar-refractivity contribution in [2.75, 3.05) is 11.8 Å². The van der Waals surface area contributed by atoms with E-state index < -0.39 is 10.0 Å². The van der Waals surface area contributed by atoms with Crippen molar-refractivity contribution >= 4 is 15.7 Å². The van der Waals surface area contributed by atoms with Gasteiger partial charge in [-0.25, -0.2) is 8.42 Å². The van der Waals surface area contributed by atoms with Crippen molar-refractivity contribution in [3.05, 3.63) is 71.0 Å². The molecule has 0 spiro atoms. The quantitative estimate of drug-likeness (QED) is 0.597. The van der Waals surface area contributed by atoms with Gasteiger partial charge in [-0.1, -0.05) is 37.6 Å². The van der Waals surface area contributed by atoms with Crippen LogP contribution in [0.15, 0.2) is 53.4 Å². The number of anilines is 1. The molecule has 0 aliphatic carbocycles. The molecule has 0 bridgehead atoms. The molecule has 0 saturated carbocycles. The van der Waals surface area contributed by atoms with E-state index in [1.54, 1.807) is 30.8 Å². The Bertz CT molecular complexity index is 1090. The van der Waals surface area contributed by atoms with Crippen LogP contribution in [0.2, 0.25) is 0 Å². The maximum atomic E-state index is 12.9. The zero-order chi connectivity index (χ0) is 21.0. The lowest BCUT2D eigenvalue weighted by atomic mass is 10.1. The first-order chi connectivity index (χ1) is 13.8. The predicted molar refractivity (Wildman–Crippen MR) is 115 cm³/mol. The molecule has 0 fully saturated rings. The van der Waals surface area contributed by atoms with Crippen LogP contribution in [0, 0.1) is 13.8 Å². The molecule has 0 radical (unpaired) electrons. The van der Waals surface area contributed by atoms with E-state index in [0.29, 0.717) is 17.9 Å². The van der Waals surface area contributed by atoms with Gasteiger partial charge in [0.25, 0.3) is 10.0 Å². The SMILES string of the molecule is CCCc1ccc(S(=O)(=O)Nc2c(C)nn(Cc3cccc(OC)c3)c2C)cc1. The van der Waals surface area contributed by atoms with Crippen molar-refractivity contribution in [3.8, 4) is 5.75 Å². The van der Waals surface area contributed by atoms with Crippen LogP contribution in [0.5, 0.6) is 5.75 Å². The summed E-state index contributed by atoms with van der Waals surface area (Å²) in [5.74, 6) is 0.775. The lowest BCUT2D eigenvalue weighted by Crippen LogP contribution is -2.14. The fraction of sp³-hybridized carbons (Fsp3) is 0.318. The Balaban J connectivity index is 1.83. The lowest BCUT2D eigenvalue weighted by Gasteiger charge is -2.10. The highest BCUT2D eigenvalue weighted by Gasteiger charge is 2.20. The monoisotopic (exact) mass is 413 g/mol. The van der Waals surface area contributed by atoms with Gasteiger partial charge in [-0.2, -0.15) is 5.10 Å². The Morgan fingerprint density at radius 3 is 2.45 bits per heavy atom. The van der Waals surface area contributed by atoms with Gasteiger partial charge in [0, 0.05) is 0 Å². The molecule has 0 saturated heterocycles. The normalized spacial score (nSPS) is 11.4. The molecular formula is C22H27N3O3S. The average Bonchev–Trinajstić information content (AvgIpc) is 2.96. The first-order valence-corrected chi connectivity index (χ1v) is 11.1. The number of nitrogens with one attached hydrogen (secondary N) is 1. The summed E-state index contributed by atoms with van der Waals surface area (Å²) in [5, 5.41) is 4.53. The molecule has 0 aliphatic heterocycles. The van der Waals surface area contributed by atoms with E-state index in [9.17, 15) is 8.42 Å². The second-order valence-corrected chi connectivity index (χ2v) is 8.74. The van der Waals surface area contributed by atoms with Crippen LogP contribution in [0.1, 0.15) is 35.9 Å². The van der Waals surface area contributed by atoms with Crippen molar-refractivity contribution in [2.24, 2.45) is 0 Å².